The second-order valence-electron chi connectivity index (χ2n) is 5.82. The number of rotatable bonds is 2. The Bertz CT molecular complexity index is 657. The number of esters is 1. The number of halogens is 1. The molecule has 3 nitrogen and oxygen atoms in total. The molecule has 2 aromatic carbocycles. The number of ether oxygens (including phenoxy) is 1. The minimum atomic E-state index is -0.500. The van der Waals surface area contributed by atoms with Crippen molar-refractivity contribution in [3.63, 3.8) is 0 Å². The monoisotopic (exact) mass is 303 g/mol. The molecule has 0 aliphatic heterocycles. The summed E-state index contributed by atoms with van der Waals surface area (Å²) in [7, 11) is 0. The first-order chi connectivity index (χ1) is 9.76. The molecule has 0 bridgehead atoms. The van der Waals surface area contributed by atoms with Gasteiger partial charge in [-0.05, 0) is 56.2 Å². The Labute approximate surface area is 129 Å². The molecule has 0 unspecified atom stereocenters. The summed E-state index contributed by atoms with van der Waals surface area (Å²) in [6, 6.07) is 12.7. The smallest absolute Gasteiger partial charge is 0.338 e. The SMILES string of the molecule is CC(C)(C)OC(=O)c1ccc(-c2ccc(N)c(Cl)c2)cc1. The van der Waals surface area contributed by atoms with Gasteiger partial charge in [0.1, 0.15) is 5.60 Å². The maximum Gasteiger partial charge on any atom is 0.338 e. The van der Waals surface area contributed by atoms with E-state index in [1.165, 1.54) is 0 Å². The molecule has 0 amide bonds. The number of anilines is 1. The third-order valence-corrected chi connectivity index (χ3v) is 3.18. The van der Waals surface area contributed by atoms with E-state index in [1.807, 2.05) is 39.0 Å². The zero-order valence-corrected chi connectivity index (χ0v) is 13.1. The fourth-order valence-corrected chi connectivity index (χ4v) is 2.02. The predicted octanol–water partition coefficient (Wildman–Crippen LogP) is 4.54. The summed E-state index contributed by atoms with van der Waals surface area (Å²) in [4.78, 5) is 11.9. The van der Waals surface area contributed by atoms with Crippen LogP contribution < -0.4 is 5.73 Å². The highest BCUT2D eigenvalue weighted by Gasteiger charge is 2.17. The molecule has 0 saturated carbocycles. The molecule has 0 atom stereocenters. The van der Waals surface area contributed by atoms with E-state index >= 15 is 0 Å². The van der Waals surface area contributed by atoms with Crippen LogP contribution in [0.5, 0.6) is 0 Å². The van der Waals surface area contributed by atoms with Crippen LogP contribution in [-0.4, -0.2) is 11.6 Å². The summed E-state index contributed by atoms with van der Waals surface area (Å²) >= 11 is 6.02. The topological polar surface area (TPSA) is 52.3 Å². The first-order valence-electron chi connectivity index (χ1n) is 6.65. The molecule has 110 valence electrons. The molecule has 4 heteroatoms. The van der Waals surface area contributed by atoms with E-state index in [0.29, 0.717) is 16.3 Å². The molecule has 2 aromatic rings. The lowest BCUT2D eigenvalue weighted by molar-refractivity contribution is 0.00696. The largest absolute Gasteiger partial charge is 0.456 e. The summed E-state index contributed by atoms with van der Waals surface area (Å²) in [5.74, 6) is -0.329. The van der Waals surface area contributed by atoms with Crippen molar-refractivity contribution >= 4 is 23.3 Å². The van der Waals surface area contributed by atoms with Crippen LogP contribution >= 0.6 is 11.6 Å². The van der Waals surface area contributed by atoms with Crippen LogP contribution in [0.4, 0.5) is 5.69 Å². The van der Waals surface area contributed by atoms with E-state index in [9.17, 15) is 4.79 Å². The highest BCUT2D eigenvalue weighted by atomic mass is 35.5. The van der Waals surface area contributed by atoms with Gasteiger partial charge in [-0.1, -0.05) is 29.8 Å². The summed E-state index contributed by atoms with van der Waals surface area (Å²) in [5.41, 5.74) is 8.18. The predicted molar refractivity (Wildman–Crippen MR) is 86.5 cm³/mol. The normalized spacial score (nSPS) is 11.2. The number of hydrogen-bond donors (Lipinski definition) is 1. The van der Waals surface area contributed by atoms with Gasteiger partial charge in [0.15, 0.2) is 0 Å². The van der Waals surface area contributed by atoms with E-state index in [1.54, 1.807) is 24.3 Å². The third kappa shape index (κ3) is 3.99. The quantitative estimate of drug-likeness (QED) is 0.654. The van der Waals surface area contributed by atoms with Crippen molar-refractivity contribution in [2.24, 2.45) is 0 Å². The second kappa shape index (κ2) is 5.78. The van der Waals surface area contributed by atoms with Gasteiger partial charge in [0, 0.05) is 0 Å². The number of hydrogen-bond acceptors (Lipinski definition) is 3. The van der Waals surface area contributed by atoms with Crippen molar-refractivity contribution in [3.8, 4) is 11.1 Å². The Morgan fingerprint density at radius 2 is 1.62 bits per heavy atom. The molecule has 0 radical (unpaired) electrons. The van der Waals surface area contributed by atoms with Crippen LogP contribution in [-0.2, 0) is 4.74 Å². The van der Waals surface area contributed by atoms with E-state index < -0.39 is 5.60 Å². The van der Waals surface area contributed by atoms with Crippen LogP contribution in [0.3, 0.4) is 0 Å². The average Bonchev–Trinajstić information content (AvgIpc) is 2.40. The lowest BCUT2D eigenvalue weighted by Crippen LogP contribution is -2.23. The lowest BCUT2D eigenvalue weighted by Gasteiger charge is -2.19. The van der Waals surface area contributed by atoms with Crippen LogP contribution in [0, 0.1) is 0 Å². The molecule has 2 rings (SSSR count). The van der Waals surface area contributed by atoms with Gasteiger partial charge in [-0.25, -0.2) is 4.79 Å². The highest BCUT2D eigenvalue weighted by Crippen LogP contribution is 2.27. The maximum atomic E-state index is 11.9. The standard InChI is InChI=1S/C17H18ClNO2/c1-17(2,3)21-16(20)12-6-4-11(5-7-12)13-8-9-15(19)14(18)10-13/h4-10H,19H2,1-3H3. The van der Waals surface area contributed by atoms with Crippen molar-refractivity contribution < 1.29 is 9.53 Å². The number of nitrogen functional groups attached to an aromatic ring is 1. The number of benzene rings is 2. The van der Waals surface area contributed by atoms with E-state index in [2.05, 4.69) is 0 Å². The molecular formula is C17H18ClNO2. The van der Waals surface area contributed by atoms with Gasteiger partial charge in [-0.15, -0.1) is 0 Å². The van der Waals surface area contributed by atoms with Crippen molar-refractivity contribution in [2.75, 3.05) is 5.73 Å². The van der Waals surface area contributed by atoms with Crippen LogP contribution in [0.2, 0.25) is 5.02 Å². The van der Waals surface area contributed by atoms with Crippen LogP contribution in [0.1, 0.15) is 31.1 Å². The molecule has 0 heterocycles. The van der Waals surface area contributed by atoms with Crippen LogP contribution in [0.15, 0.2) is 42.5 Å². The Kier molecular flexibility index (Phi) is 4.24. The Morgan fingerprint density at radius 1 is 1.05 bits per heavy atom. The van der Waals surface area contributed by atoms with E-state index in [-0.39, 0.29) is 5.97 Å². The first kappa shape index (κ1) is 15.4. The number of nitrogens with two attached hydrogens (primary N) is 1. The molecule has 21 heavy (non-hydrogen) atoms. The summed E-state index contributed by atoms with van der Waals surface area (Å²) in [5, 5.41) is 0.517. The zero-order valence-electron chi connectivity index (χ0n) is 12.3. The highest BCUT2D eigenvalue weighted by molar-refractivity contribution is 6.33. The number of carbonyl (C=O) groups is 1. The van der Waals surface area contributed by atoms with Gasteiger partial charge in [0.05, 0.1) is 16.3 Å². The van der Waals surface area contributed by atoms with Crippen molar-refractivity contribution in [2.45, 2.75) is 26.4 Å². The first-order valence-corrected chi connectivity index (χ1v) is 7.03. The third-order valence-electron chi connectivity index (χ3n) is 2.85. The summed E-state index contributed by atoms with van der Waals surface area (Å²) in [6.45, 7) is 5.53. The fourth-order valence-electron chi connectivity index (χ4n) is 1.84. The number of carbonyl (C=O) groups excluding carboxylic acids is 1. The zero-order chi connectivity index (χ0) is 15.6. The molecule has 0 saturated heterocycles. The Balaban J connectivity index is 2.22. The molecule has 0 aliphatic carbocycles. The maximum absolute atomic E-state index is 11.9. The molecule has 0 aliphatic rings. The van der Waals surface area contributed by atoms with Gasteiger partial charge in [0.25, 0.3) is 0 Å². The van der Waals surface area contributed by atoms with E-state index in [0.717, 1.165) is 11.1 Å². The van der Waals surface area contributed by atoms with Gasteiger partial charge >= 0.3 is 5.97 Å². The molecule has 0 fully saturated rings. The van der Waals surface area contributed by atoms with Gasteiger partial charge in [-0.3, -0.25) is 0 Å². The summed E-state index contributed by atoms with van der Waals surface area (Å²) in [6.07, 6.45) is 0. The molecule has 0 aromatic heterocycles. The van der Waals surface area contributed by atoms with Gasteiger partial charge in [-0.2, -0.15) is 0 Å². The fraction of sp³-hybridized carbons (Fsp3) is 0.235. The Morgan fingerprint density at radius 3 is 2.14 bits per heavy atom. The lowest BCUT2D eigenvalue weighted by atomic mass is 10.0. The minimum absolute atomic E-state index is 0.329. The molecule has 0 spiro atoms. The Hall–Kier alpha value is -2.00. The van der Waals surface area contributed by atoms with Crippen LogP contribution in [0.25, 0.3) is 11.1 Å². The van der Waals surface area contributed by atoms with Gasteiger partial charge in [0.2, 0.25) is 0 Å². The molecule has 2 N–H and O–H groups in total. The summed E-state index contributed by atoms with van der Waals surface area (Å²) < 4.78 is 5.33. The average molecular weight is 304 g/mol. The van der Waals surface area contributed by atoms with Crippen molar-refractivity contribution in [1.82, 2.24) is 0 Å². The van der Waals surface area contributed by atoms with Crippen molar-refractivity contribution in [3.05, 3.63) is 53.1 Å². The molecular weight excluding hydrogens is 286 g/mol. The minimum Gasteiger partial charge on any atom is -0.456 e. The van der Waals surface area contributed by atoms with Crippen molar-refractivity contribution in [1.29, 1.82) is 0 Å². The van der Waals surface area contributed by atoms with Gasteiger partial charge < -0.3 is 10.5 Å². The second-order valence-corrected chi connectivity index (χ2v) is 6.22. The van der Waals surface area contributed by atoms with E-state index in [4.69, 9.17) is 22.1 Å².